The van der Waals surface area contributed by atoms with Crippen LogP contribution >= 0.6 is 22.6 Å². The average molecular weight is 432 g/mol. The zero-order chi connectivity index (χ0) is 17.1. The molecule has 5 nitrogen and oxygen atoms in total. The summed E-state index contributed by atoms with van der Waals surface area (Å²) in [6.45, 7) is 1.87. The minimum atomic E-state index is -1.07. The van der Waals surface area contributed by atoms with E-state index in [1.165, 1.54) is 29.2 Å². The van der Waals surface area contributed by atoms with Crippen molar-refractivity contribution in [3.8, 4) is 0 Å². The molecule has 0 N–H and O–H groups in total. The molecule has 8 heteroatoms. The molecule has 0 aliphatic rings. The molecule has 0 bridgehead atoms. The molecule has 0 saturated heterocycles. The van der Waals surface area contributed by atoms with Crippen molar-refractivity contribution >= 4 is 39.9 Å². The number of hydrogen-bond donors (Lipinski definition) is 0. The highest BCUT2D eigenvalue weighted by Gasteiger charge is 2.22. The molecule has 2 aromatic carbocycles. The molecule has 0 spiro atoms. The third kappa shape index (κ3) is 3.63. The molecule has 0 saturated carbocycles. The fourth-order valence-corrected chi connectivity index (χ4v) is 2.60. The Labute approximate surface area is 144 Å². The molecule has 120 valence electrons. The van der Waals surface area contributed by atoms with Crippen LogP contribution in [0.4, 0.5) is 20.2 Å². The van der Waals surface area contributed by atoms with Crippen LogP contribution in [0.25, 0.3) is 0 Å². The van der Waals surface area contributed by atoms with Gasteiger partial charge in [0.2, 0.25) is 0 Å². The molecule has 0 aromatic heterocycles. The first-order valence-electron chi connectivity index (χ1n) is 6.56. The predicted molar refractivity (Wildman–Crippen MR) is 89.5 cm³/mol. The first-order valence-corrected chi connectivity index (χ1v) is 7.64. The van der Waals surface area contributed by atoms with Gasteiger partial charge in [0, 0.05) is 34.0 Å². The van der Waals surface area contributed by atoms with Gasteiger partial charge in [-0.15, -0.1) is 0 Å². The van der Waals surface area contributed by atoms with Gasteiger partial charge in [0.15, 0.2) is 11.6 Å². The van der Waals surface area contributed by atoms with Crippen LogP contribution in [0, 0.1) is 25.3 Å². The molecule has 0 heterocycles. The second-order valence-electron chi connectivity index (χ2n) is 4.57. The number of carbonyl (C=O) groups excluding carboxylic acids is 1. The Kier molecular flexibility index (Phi) is 5.24. The van der Waals surface area contributed by atoms with E-state index in [2.05, 4.69) is 0 Å². The van der Waals surface area contributed by atoms with Gasteiger partial charge in [-0.1, -0.05) is 0 Å². The number of nitro groups is 1. The van der Waals surface area contributed by atoms with E-state index < -0.39 is 22.5 Å². The summed E-state index contributed by atoms with van der Waals surface area (Å²) < 4.78 is 27.0. The van der Waals surface area contributed by atoms with Crippen LogP contribution in [0.3, 0.4) is 0 Å². The standard InChI is InChI=1S/C15H11F2IN2O3/c1-2-19(9-3-5-12(16)13(17)8-9)15(21)11-7-10(20(22)23)4-6-14(11)18/h3-8H,2H2,1H3. The Bertz CT molecular complexity index is 783. The molecular weight excluding hydrogens is 421 g/mol. The first-order chi connectivity index (χ1) is 10.8. The number of nitro benzene ring substituents is 1. The number of hydrogen-bond acceptors (Lipinski definition) is 3. The van der Waals surface area contributed by atoms with Gasteiger partial charge in [0.25, 0.3) is 11.6 Å². The Morgan fingerprint density at radius 1 is 1.22 bits per heavy atom. The number of carbonyl (C=O) groups is 1. The van der Waals surface area contributed by atoms with Crippen LogP contribution in [0.2, 0.25) is 0 Å². The summed E-state index contributed by atoms with van der Waals surface area (Å²) in [6.07, 6.45) is 0. The number of halogens is 3. The third-order valence-electron chi connectivity index (χ3n) is 3.17. The number of anilines is 1. The van der Waals surface area contributed by atoms with Crippen LogP contribution in [-0.4, -0.2) is 17.4 Å². The monoisotopic (exact) mass is 432 g/mol. The molecular formula is C15H11F2IN2O3. The van der Waals surface area contributed by atoms with E-state index in [4.69, 9.17) is 0 Å². The average Bonchev–Trinajstić information content (AvgIpc) is 2.51. The maximum absolute atomic E-state index is 13.4. The van der Waals surface area contributed by atoms with Crippen molar-refractivity contribution in [2.24, 2.45) is 0 Å². The number of rotatable bonds is 4. The SMILES string of the molecule is CCN(C(=O)c1cc([N+](=O)[O-])ccc1I)c1ccc(F)c(F)c1. The topological polar surface area (TPSA) is 63.5 Å². The summed E-state index contributed by atoms with van der Waals surface area (Å²) in [5, 5.41) is 10.9. The lowest BCUT2D eigenvalue weighted by Crippen LogP contribution is -2.31. The van der Waals surface area contributed by atoms with Crippen molar-refractivity contribution in [2.75, 3.05) is 11.4 Å². The van der Waals surface area contributed by atoms with Crippen molar-refractivity contribution in [1.29, 1.82) is 0 Å². The molecule has 0 unspecified atom stereocenters. The van der Waals surface area contributed by atoms with Gasteiger partial charge in [-0.3, -0.25) is 14.9 Å². The van der Waals surface area contributed by atoms with Gasteiger partial charge < -0.3 is 4.90 Å². The van der Waals surface area contributed by atoms with Crippen LogP contribution in [0.15, 0.2) is 36.4 Å². The summed E-state index contributed by atoms with van der Waals surface area (Å²) in [4.78, 5) is 24.1. The molecule has 0 fully saturated rings. The number of nitrogens with zero attached hydrogens (tertiary/aromatic N) is 2. The summed E-state index contributed by atoms with van der Waals surface area (Å²) in [5.41, 5.74) is 0.0974. The highest BCUT2D eigenvalue weighted by molar-refractivity contribution is 14.1. The van der Waals surface area contributed by atoms with Crippen LogP contribution in [-0.2, 0) is 0 Å². The quantitative estimate of drug-likeness (QED) is 0.415. The Morgan fingerprint density at radius 2 is 1.91 bits per heavy atom. The molecule has 23 heavy (non-hydrogen) atoms. The van der Waals surface area contributed by atoms with Gasteiger partial charge in [0.05, 0.1) is 10.5 Å². The number of benzene rings is 2. The Morgan fingerprint density at radius 3 is 2.48 bits per heavy atom. The second kappa shape index (κ2) is 6.99. The largest absolute Gasteiger partial charge is 0.309 e. The smallest absolute Gasteiger partial charge is 0.270 e. The minimum Gasteiger partial charge on any atom is -0.309 e. The Hall–Kier alpha value is -2.10. The number of amides is 1. The minimum absolute atomic E-state index is 0.131. The van der Waals surface area contributed by atoms with Gasteiger partial charge >= 0.3 is 0 Å². The highest BCUT2D eigenvalue weighted by atomic mass is 127. The van der Waals surface area contributed by atoms with E-state index in [9.17, 15) is 23.7 Å². The van der Waals surface area contributed by atoms with Crippen LogP contribution in [0.1, 0.15) is 17.3 Å². The van der Waals surface area contributed by atoms with Gasteiger partial charge in [-0.05, 0) is 47.7 Å². The van der Waals surface area contributed by atoms with E-state index in [0.717, 1.165) is 12.1 Å². The first kappa shape index (κ1) is 17.3. The maximum Gasteiger partial charge on any atom is 0.270 e. The zero-order valence-corrected chi connectivity index (χ0v) is 14.1. The van der Waals surface area contributed by atoms with Crippen molar-refractivity contribution < 1.29 is 18.5 Å². The van der Waals surface area contributed by atoms with Crippen molar-refractivity contribution in [1.82, 2.24) is 0 Å². The molecule has 0 aliphatic heterocycles. The molecule has 0 radical (unpaired) electrons. The lowest BCUT2D eigenvalue weighted by molar-refractivity contribution is -0.384. The lowest BCUT2D eigenvalue weighted by atomic mass is 10.1. The zero-order valence-electron chi connectivity index (χ0n) is 11.9. The molecule has 0 aliphatic carbocycles. The van der Waals surface area contributed by atoms with E-state index >= 15 is 0 Å². The summed E-state index contributed by atoms with van der Waals surface area (Å²) in [5.74, 6) is -2.60. The maximum atomic E-state index is 13.4. The van der Waals surface area contributed by atoms with E-state index in [1.54, 1.807) is 6.92 Å². The van der Waals surface area contributed by atoms with Crippen LogP contribution < -0.4 is 4.90 Å². The predicted octanol–water partition coefficient (Wildman–Crippen LogP) is 4.14. The van der Waals surface area contributed by atoms with E-state index in [1.807, 2.05) is 22.6 Å². The fourth-order valence-electron chi connectivity index (χ4n) is 2.03. The van der Waals surface area contributed by atoms with E-state index in [0.29, 0.717) is 3.57 Å². The summed E-state index contributed by atoms with van der Waals surface area (Å²) in [6, 6.07) is 7.06. The third-order valence-corrected chi connectivity index (χ3v) is 4.11. The lowest BCUT2D eigenvalue weighted by Gasteiger charge is -2.21. The van der Waals surface area contributed by atoms with Crippen molar-refractivity contribution in [2.45, 2.75) is 6.92 Å². The van der Waals surface area contributed by atoms with Crippen molar-refractivity contribution in [3.05, 3.63) is 67.3 Å². The van der Waals surface area contributed by atoms with Gasteiger partial charge in [0.1, 0.15) is 0 Å². The Balaban J connectivity index is 2.46. The van der Waals surface area contributed by atoms with Gasteiger partial charge in [-0.2, -0.15) is 0 Å². The van der Waals surface area contributed by atoms with Crippen LogP contribution in [0.5, 0.6) is 0 Å². The molecule has 2 aromatic rings. The number of non-ortho nitro benzene ring substituents is 1. The highest BCUT2D eigenvalue weighted by Crippen LogP contribution is 2.25. The molecule has 2 rings (SSSR count). The summed E-state index contributed by atoms with van der Waals surface area (Å²) >= 11 is 1.89. The fraction of sp³-hybridized carbons (Fsp3) is 0.133. The molecule has 0 atom stereocenters. The van der Waals surface area contributed by atoms with Crippen molar-refractivity contribution in [3.63, 3.8) is 0 Å². The van der Waals surface area contributed by atoms with Gasteiger partial charge in [-0.25, -0.2) is 8.78 Å². The van der Waals surface area contributed by atoms with E-state index in [-0.39, 0.29) is 23.5 Å². The summed E-state index contributed by atoms with van der Waals surface area (Å²) in [7, 11) is 0. The normalized spacial score (nSPS) is 10.4. The molecule has 1 amide bonds. The second-order valence-corrected chi connectivity index (χ2v) is 5.73.